The Morgan fingerprint density at radius 1 is 1.14 bits per heavy atom. The zero-order valence-corrected chi connectivity index (χ0v) is 13.6. The molecular formula is C14H11BrN2O4S. The summed E-state index contributed by atoms with van der Waals surface area (Å²) in [6.45, 7) is 0. The molecule has 0 saturated carbocycles. The standard InChI is InChI=1S/C14H11BrN2O4S/c15-8-22(19,20)17-9-5-6-12-10(7-9)14(18)16-11-3-1-2-4-13(11)21-12/h1-7,17H,8H2,(H,16,18). The summed E-state index contributed by atoms with van der Waals surface area (Å²) < 4.78 is 31.0. The van der Waals surface area contributed by atoms with Gasteiger partial charge in [-0.15, -0.1) is 0 Å². The molecule has 6 nitrogen and oxygen atoms in total. The Hall–Kier alpha value is -2.06. The van der Waals surface area contributed by atoms with Gasteiger partial charge in [-0.3, -0.25) is 9.52 Å². The summed E-state index contributed by atoms with van der Waals surface area (Å²) in [5.74, 6) is 0.535. The average Bonchev–Trinajstić information content (AvgIpc) is 2.63. The minimum absolute atomic E-state index is 0.231. The number of amides is 1. The first-order chi connectivity index (χ1) is 10.5. The van der Waals surface area contributed by atoms with E-state index in [9.17, 15) is 13.2 Å². The first-order valence-electron chi connectivity index (χ1n) is 6.27. The van der Waals surface area contributed by atoms with E-state index in [0.29, 0.717) is 22.9 Å². The van der Waals surface area contributed by atoms with Crippen LogP contribution in [0, 0.1) is 0 Å². The molecule has 2 aromatic carbocycles. The Morgan fingerprint density at radius 3 is 2.68 bits per heavy atom. The van der Waals surface area contributed by atoms with E-state index in [1.54, 1.807) is 36.4 Å². The molecule has 0 radical (unpaired) electrons. The first-order valence-corrected chi connectivity index (χ1v) is 9.04. The van der Waals surface area contributed by atoms with E-state index < -0.39 is 10.0 Å². The fourth-order valence-electron chi connectivity index (χ4n) is 2.03. The summed E-state index contributed by atoms with van der Waals surface area (Å²) in [6, 6.07) is 11.6. The number of benzene rings is 2. The topological polar surface area (TPSA) is 84.5 Å². The van der Waals surface area contributed by atoms with Gasteiger partial charge in [-0.1, -0.05) is 28.1 Å². The lowest BCUT2D eigenvalue weighted by molar-refractivity contribution is 0.102. The summed E-state index contributed by atoms with van der Waals surface area (Å²) in [6.07, 6.45) is 0. The van der Waals surface area contributed by atoms with Crippen molar-refractivity contribution < 1.29 is 17.9 Å². The van der Waals surface area contributed by atoms with Gasteiger partial charge in [0.25, 0.3) is 5.91 Å². The van der Waals surface area contributed by atoms with Crippen LogP contribution >= 0.6 is 15.9 Å². The maximum Gasteiger partial charge on any atom is 0.259 e. The zero-order valence-electron chi connectivity index (χ0n) is 11.2. The highest BCUT2D eigenvalue weighted by molar-refractivity contribution is 9.10. The van der Waals surface area contributed by atoms with Gasteiger partial charge in [-0.25, -0.2) is 8.42 Å². The molecular weight excluding hydrogens is 372 g/mol. The quantitative estimate of drug-likeness (QED) is 0.798. The van der Waals surface area contributed by atoms with Crippen molar-refractivity contribution >= 4 is 43.2 Å². The van der Waals surface area contributed by atoms with Gasteiger partial charge < -0.3 is 10.1 Å². The number of ether oxygens (including phenoxy) is 1. The molecule has 2 aromatic rings. The normalized spacial score (nSPS) is 13.2. The lowest BCUT2D eigenvalue weighted by Gasteiger charge is -2.10. The van der Waals surface area contributed by atoms with Crippen LogP contribution < -0.4 is 14.8 Å². The molecule has 0 bridgehead atoms. The van der Waals surface area contributed by atoms with Gasteiger partial charge in [-0.2, -0.15) is 0 Å². The Bertz CT molecular complexity index is 852. The van der Waals surface area contributed by atoms with Crippen molar-refractivity contribution in [2.45, 2.75) is 0 Å². The number of anilines is 2. The summed E-state index contributed by atoms with van der Waals surface area (Å²) in [5.41, 5.74) is 1.11. The van der Waals surface area contributed by atoms with E-state index in [-0.39, 0.29) is 16.1 Å². The van der Waals surface area contributed by atoms with Gasteiger partial charge in [0.2, 0.25) is 10.0 Å². The molecule has 0 spiro atoms. The summed E-state index contributed by atoms with van der Waals surface area (Å²) in [7, 11) is -3.49. The first kappa shape index (κ1) is 14.9. The van der Waals surface area contributed by atoms with Gasteiger partial charge in [-0.05, 0) is 30.3 Å². The Kier molecular flexibility index (Phi) is 3.79. The number of fused-ring (bicyclic) bond motifs is 2. The number of hydrogen-bond acceptors (Lipinski definition) is 4. The lowest BCUT2D eigenvalue weighted by atomic mass is 10.1. The molecule has 1 amide bonds. The van der Waals surface area contributed by atoms with Crippen LogP contribution in [0.3, 0.4) is 0 Å². The number of nitrogens with one attached hydrogen (secondary N) is 2. The van der Waals surface area contributed by atoms with E-state index in [1.165, 1.54) is 6.07 Å². The second kappa shape index (κ2) is 5.62. The number of rotatable bonds is 3. The van der Waals surface area contributed by atoms with Crippen molar-refractivity contribution in [3.63, 3.8) is 0 Å². The van der Waals surface area contributed by atoms with Crippen molar-refractivity contribution in [3.05, 3.63) is 48.0 Å². The minimum atomic E-state index is -3.49. The SMILES string of the molecule is O=C1Nc2ccccc2Oc2ccc(NS(=O)(=O)CBr)cc21. The van der Waals surface area contributed by atoms with Crippen LogP contribution in [0.4, 0.5) is 11.4 Å². The van der Waals surface area contributed by atoms with Gasteiger partial charge in [0.15, 0.2) is 5.75 Å². The molecule has 1 heterocycles. The monoisotopic (exact) mass is 382 g/mol. The largest absolute Gasteiger partial charge is 0.454 e. The molecule has 1 aliphatic heterocycles. The number of para-hydroxylation sites is 2. The number of alkyl halides is 1. The molecule has 0 atom stereocenters. The third-order valence-corrected chi connectivity index (χ3v) is 5.64. The van der Waals surface area contributed by atoms with Gasteiger partial charge >= 0.3 is 0 Å². The molecule has 22 heavy (non-hydrogen) atoms. The van der Waals surface area contributed by atoms with Crippen molar-refractivity contribution in [1.29, 1.82) is 0 Å². The van der Waals surface area contributed by atoms with E-state index in [4.69, 9.17) is 4.74 Å². The summed E-state index contributed by atoms with van der Waals surface area (Å²) in [5, 5.41) is 2.73. The highest BCUT2D eigenvalue weighted by Crippen LogP contribution is 2.36. The smallest absolute Gasteiger partial charge is 0.259 e. The van der Waals surface area contributed by atoms with Crippen LogP contribution in [-0.4, -0.2) is 19.0 Å². The second-order valence-electron chi connectivity index (χ2n) is 4.59. The minimum Gasteiger partial charge on any atom is -0.454 e. The number of hydrogen-bond donors (Lipinski definition) is 2. The van der Waals surface area contributed by atoms with Gasteiger partial charge in [0, 0.05) is 5.69 Å². The van der Waals surface area contributed by atoms with Crippen LogP contribution in [0.25, 0.3) is 0 Å². The zero-order chi connectivity index (χ0) is 15.7. The molecule has 3 rings (SSSR count). The maximum atomic E-state index is 12.3. The average molecular weight is 383 g/mol. The highest BCUT2D eigenvalue weighted by Gasteiger charge is 2.21. The molecule has 8 heteroatoms. The fourth-order valence-corrected chi connectivity index (χ4v) is 2.92. The number of carbonyl (C=O) groups excluding carboxylic acids is 1. The predicted molar refractivity (Wildman–Crippen MR) is 87.2 cm³/mol. The van der Waals surface area contributed by atoms with Crippen LogP contribution in [0.1, 0.15) is 10.4 Å². The molecule has 0 aliphatic carbocycles. The third kappa shape index (κ3) is 2.93. The second-order valence-corrected chi connectivity index (χ2v) is 7.61. The number of halogens is 1. The molecule has 114 valence electrons. The van der Waals surface area contributed by atoms with E-state index in [1.807, 2.05) is 0 Å². The predicted octanol–water partition coefficient (Wildman–Crippen LogP) is 3.14. The Labute approximate surface area is 135 Å². The summed E-state index contributed by atoms with van der Waals surface area (Å²) >= 11 is 2.89. The third-order valence-electron chi connectivity index (χ3n) is 3.00. The molecule has 0 fully saturated rings. The van der Waals surface area contributed by atoms with Crippen molar-refractivity contribution in [2.75, 3.05) is 14.7 Å². The Morgan fingerprint density at radius 2 is 1.91 bits per heavy atom. The van der Waals surface area contributed by atoms with Crippen molar-refractivity contribution in [1.82, 2.24) is 0 Å². The lowest BCUT2D eigenvalue weighted by Crippen LogP contribution is -2.15. The molecule has 2 N–H and O–H groups in total. The molecule has 0 unspecified atom stereocenters. The number of sulfonamides is 1. The summed E-state index contributed by atoms with van der Waals surface area (Å²) in [4.78, 5) is 12.3. The van der Waals surface area contributed by atoms with Crippen molar-refractivity contribution in [2.24, 2.45) is 0 Å². The fraction of sp³-hybridized carbons (Fsp3) is 0.0714. The van der Waals surface area contributed by atoms with E-state index >= 15 is 0 Å². The van der Waals surface area contributed by atoms with E-state index in [0.717, 1.165) is 0 Å². The maximum absolute atomic E-state index is 12.3. The van der Waals surface area contributed by atoms with Crippen LogP contribution in [0.2, 0.25) is 0 Å². The van der Waals surface area contributed by atoms with Crippen LogP contribution in [-0.2, 0) is 10.0 Å². The number of carbonyl (C=O) groups is 1. The molecule has 0 saturated heterocycles. The molecule has 1 aliphatic rings. The molecule has 0 aromatic heterocycles. The highest BCUT2D eigenvalue weighted by atomic mass is 79.9. The Balaban J connectivity index is 2.00. The van der Waals surface area contributed by atoms with Gasteiger partial charge in [0.05, 0.1) is 11.3 Å². The van der Waals surface area contributed by atoms with Gasteiger partial charge in [0.1, 0.15) is 10.4 Å². The van der Waals surface area contributed by atoms with Crippen LogP contribution in [0.15, 0.2) is 42.5 Å². The van der Waals surface area contributed by atoms with E-state index in [2.05, 4.69) is 26.0 Å². The van der Waals surface area contributed by atoms with Crippen LogP contribution in [0.5, 0.6) is 11.5 Å². The van der Waals surface area contributed by atoms with Crippen molar-refractivity contribution in [3.8, 4) is 11.5 Å².